The molecule has 1 atom stereocenters. The first-order valence-corrected chi connectivity index (χ1v) is 8.51. The SMILES string of the molecule is Cc1csc(NC(=O)N2CCCCCC2c2ccncc2)n1. The summed E-state index contributed by atoms with van der Waals surface area (Å²) >= 11 is 1.46. The summed E-state index contributed by atoms with van der Waals surface area (Å²) in [6, 6.07) is 4.07. The maximum Gasteiger partial charge on any atom is 0.324 e. The molecule has 5 nitrogen and oxygen atoms in total. The average Bonchev–Trinajstić information content (AvgIpc) is 2.80. The molecule has 116 valence electrons. The molecule has 2 aromatic heterocycles. The van der Waals surface area contributed by atoms with Gasteiger partial charge in [0, 0.05) is 24.3 Å². The molecule has 0 spiro atoms. The summed E-state index contributed by atoms with van der Waals surface area (Å²) in [5.74, 6) is 0. The molecule has 1 saturated heterocycles. The quantitative estimate of drug-likeness (QED) is 0.911. The Morgan fingerprint density at radius 3 is 2.86 bits per heavy atom. The molecule has 1 aliphatic heterocycles. The van der Waals surface area contributed by atoms with Gasteiger partial charge in [-0.25, -0.2) is 9.78 Å². The highest BCUT2D eigenvalue weighted by Gasteiger charge is 2.27. The van der Waals surface area contributed by atoms with Crippen LogP contribution in [-0.2, 0) is 0 Å². The Bertz CT molecular complexity index is 628. The summed E-state index contributed by atoms with van der Waals surface area (Å²) in [4.78, 5) is 23.0. The number of nitrogens with zero attached hydrogens (tertiary/aromatic N) is 3. The van der Waals surface area contributed by atoms with Gasteiger partial charge in [-0.3, -0.25) is 10.3 Å². The van der Waals surface area contributed by atoms with Gasteiger partial charge in [0.25, 0.3) is 0 Å². The molecule has 3 heterocycles. The molecule has 2 aromatic rings. The Morgan fingerprint density at radius 1 is 1.32 bits per heavy atom. The third-order valence-electron chi connectivity index (χ3n) is 3.94. The van der Waals surface area contributed by atoms with Crippen molar-refractivity contribution in [3.63, 3.8) is 0 Å². The summed E-state index contributed by atoms with van der Waals surface area (Å²) in [6.07, 6.45) is 7.94. The first kappa shape index (κ1) is 15.0. The van der Waals surface area contributed by atoms with Crippen LogP contribution in [0.4, 0.5) is 9.93 Å². The van der Waals surface area contributed by atoms with Gasteiger partial charge >= 0.3 is 6.03 Å². The van der Waals surface area contributed by atoms with E-state index in [0.717, 1.165) is 37.1 Å². The van der Waals surface area contributed by atoms with E-state index < -0.39 is 0 Å². The number of hydrogen-bond acceptors (Lipinski definition) is 4. The fourth-order valence-electron chi connectivity index (χ4n) is 2.86. The van der Waals surface area contributed by atoms with E-state index in [-0.39, 0.29) is 12.1 Å². The van der Waals surface area contributed by atoms with Gasteiger partial charge < -0.3 is 4.90 Å². The number of aryl methyl sites for hydroxylation is 1. The number of aromatic nitrogens is 2. The summed E-state index contributed by atoms with van der Waals surface area (Å²) in [5, 5.41) is 5.55. The normalized spacial score (nSPS) is 18.8. The third-order valence-corrected chi connectivity index (χ3v) is 4.81. The fraction of sp³-hybridized carbons (Fsp3) is 0.438. The molecule has 22 heavy (non-hydrogen) atoms. The lowest BCUT2D eigenvalue weighted by Gasteiger charge is -2.30. The van der Waals surface area contributed by atoms with Crippen molar-refractivity contribution in [2.45, 2.75) is 38.6 Å². The van der Waals surface area contributed by atoms with Crippen LogP contribution in [0.2, 0.25) is 0 Å². The number of likely N-dealkylation sites (tertiary alicyclic amines) is 1. The summed E-state index contributed by atoms with van der Waals surface area (Å²) < 4.78 is 0. The van der Waals surface area contributed by atoms with Crippen molar-refractivity contribution in [2.75, 3.05) is 11.9 Å². The molecule has 0 radical (unpaired) electrons. The molecule has 1 aliphatic rings. The topological polar surface area (TPSA) is 58.1 Å². The van der Waals surface area contributed by atoms with Crippen LogP contribution in [0.5, 0.6) is 0 Å². The van der Waals surface area contributed by atoms with E-state index in [1.165, 1.54) is 17.8 Å². The molecule has 3 rings (SSSR count). The van der Waals surface area contributed by atoms with Gasteiger partial charge in [-0.05, 0) is 37.5 Å². The zero-order valence-corrected chi connectivity index (χ0v) is 13.5. The predicted octanol–water partition coefficient (Wildman–Crippen LogP) is 4.00. The van der Waals surface area contributed by atoms with Crippen molar-refractivity contribution in [1.29, 1.82) is 0 Å². The number of pyridine rings is 1. The minimum atomic E-state index is -0.0573. The van der Waals surface area contributed by atoms with E-state index in [9.17, 15) is 4.79 Å². The van der Waals surface area contributed by atoms with Crippen molar-refractivity contribution in [1.82, 2.24) is 14.9 Å². The minimum absolute atomic E-state index is 0.0573. The van der Waals surface area contributed by atoms with Crippen molar-refractivity contribution in [2.24, 2.45) is 0 Å². The number of nitrogens with one attached hydrogen (secondary N) is 1. The smallest absolute Gasteiger partial charge is 0.317 e. The van der Waals surface area contributed by atoms with Crippen LogP contribution in [-0.4, -0.2) is 27.4 Å². The molecule has 1 fully saturated rings. The predicted molar refractivity (Wildman–Crippen MR) is 88.0 cm³/mol. The molecule has 0 aromatic carbocycles. The molecular formula is C16H20N4OS. The molecule has 0 bridgehead atoms. The summed E-state index contributed by atoms with van der Waals surface area (Å²) in [5.41, 5.74) is 2.09. The van der Waals surface area contributed by atoms with Gasteiger partial charge in [0.05, 0.1) is 11.7 Å². The number of rotatable bonds is 2. The van der Waals surface area contributed by atoms with E-state index in [1.54, 1.807) is 12.4 Å². The van der Waals surface area contributed by atoms with E-state index in [2.05, 4.69) is 15.3 Å². The van der Waals surface area contributed by atoms with Gasteiger partial charge in [0.1, 0.15) is 0 Å². The zero-order valence-electron chi connectivity index (χ0n) is 12.7. The van der Waals surface area contributed by atoms with E-state index >= 15 is 0 Å². The molecule has 1 unspecified atom stereocenters. The molecule has 1 N–H and O–H groups in total. The molecular weight excluding hydrogens is 296 g/mol. The van der Waals surface area contributed by atoms with Crippen molar-refractivity contribution < 1.29 is 4.79 Å². The highest BCUT2D eigenvalue weighted by Crippen LogP contribution is 2.30. The van der Waals surface area contributed by atoms with Crippen LogP contribution in [0.3, 0.4) is 0 Å². The number of thiazole rings is 1. The monoisotopic (exact) mass is 316 g/mol. The van der Waals surface area contributed by atoms with Crippen molar-refractivity contribution in [3.8, 4) is 0 Å². The number of amides is 2. The van der Waals surface area contributed by atoms with E-state index in [4.69, 9.17) is 0 Å². The standard InChI is InChI=1S/C16H20N4OS/c1-12-11-22-15(18-12)19-16(21)20-10-4-2-3-5-14(20)13-6-8-17-9-7-13/h6-9,11,14H,2-5,10H2,1H3,(H,18,19,21). The second-order valence-electron chi connectivity index (χ2n) is 5.56. The number of carbonyl (C=O) groups is 1. The maximum absolute atomic E-state index is 12.7. The first-order chi connectivity index (χ1) is 10.7. The second kappa shape index (κ2) is 6.87. The number of anilines is 1. The van der Waals surface area contributed by atoms with Crippen LogP contribution in [0.15, 0.2) is 29.9 Å². The van der Waals surface area contributed by atoms with Gasteiger partial charge in [-0.1, -0.05) is 12.8 Å². The maximum atomic E-state index is 12.7. The van der Waals surface area contributed by atoms with Gasteiger partial charge in [0.15, 0.2) is 5.13 Å². The fourth-order valence-corrected chi connectivity index (χ4v) is 3.54. The highest BCUT2D eigenvalue weighted by molar-refractivity contribution is 7.13. The van der Waals surface area contributed by atoms with Crippen molar-refractivity contribution >= 4 is 22.5 Å². The average molecular weight is 316 g/mol. The van der Waals surface area contributed by atoms with Gasteiger partial charge in [-0.2, -0.15) is 0 Å². The number of hydrogen-bond donors (Lipinski definition) is 1. The Labute approximate surface area is 134 Å². The first-order valence-electron chi connectivity index (χ1n) is 7.64. The van der Waals surface area contributed by atoms with E-state index in [0.29, 0.717) is 5.13 Å². The van der Waals surface area contributed by atoms with E-state index in [1.807, 2.05) is 29.3 Å². The van der Waals surface area contributed by atoms with Crippen LogP contribution < -0.4 is 5.32 Å². The lowest BCUT2D eigenvalue weighted by Crippen LogP contribution is -2.38. The van der Waals surface area contributed by atoms with Crippen molar-refractivity contribution in [3.05, 3.63) is 41.2 Å². The second-order valence-corrected chi connectivity index (χ2v) is 6.42. The Morgan fingerprint density at radius 2 is 2.14 bits per heavy atom. The molecule has 2 amide bonds. The Kier molecular flexibility index (Phi) is 4.68. The Hall–Kier alpha value is -1.95. The molecule has 0 saturated carbocycles. The minimum Gasteiger partial charge on any atom is -0.317 e. The molecule has 0 aliphatic carbocycles. The number of urea groups is 1. The van der Waals surface area contributed by atoms with Gasteiger partial charge in [-0.15, -0.1) is 11.3 Å². The summed E-state index contributed by atoms with van der Waals surface area (Å²) in [7, 11) is 0. The lowest BCUT2D eigenvalue weighted by molar-refractivity contribution is 0.189. The van der Waals surface area contributed by atoms with Crippen LogP contribution in [0.25, 0.3) is 0 Å². The third kappa shape index (κ3) is 3.44. The lowest BCUT2D eigenvalue weighted by atomic mass is 10.0. The largest absolute Gasteiger partial charge is 0.324 e. The van der Waals surface area contributed by atoms with Crippen LogP contribution in [0.1, 0.15) is 43.0 Å². The van der Waals surface area contributed by atoms with Gasteiger partial charge in [0.2, 0.25) is 0 Å². The van der Waals surface area contributed by atoms with Crippen LogP contribution in [0, 0.1) is 6.92 Å². The molecule has 6 heteroatoms. The summed E-state index contributed by atoms with van der Waals surface area (Å²) in [6.45, 7) is 2.71. The highest BCUT2D eigenvalue weighted by atomic mass is 32.1. The number of carbonyl (C=O) groups excluding carboxylic acids is 1. The van der Waals surface area contributed by atoms with Crippen LogP contribution >= 0.6 is 11.3 Å². The Balaban J connectivity index is 1.79. The zero-order chi connectivity index (χ0) is 15.4.